The molecule has 0 aromatic heterocycles. The second-order valence-corrected chi connectivity index (χ2v) is 7.82. The van der Waals surface area contributed by atoms with Gasteiger partial charge in [0.05, 0.1) is 34.5 Å². The Morgan fingerprint density at radius 1 is 1.03 bits per heavy atom. The minimum atomic E-state index is 0.517. The van der Waals surface area contributed by atoms with E-state index in [2.05, 4.69) is 27.3 Å². The molecule has 7 heteroatoms. The second-order valence-electron chi connectivity index (χ2n) is 7.82. The minimum absolute atomic E-state index is 0.517. The van der Waals surface area contributed by atoms with Crippen molar-refractivity contribution in [3.05, 3.63) is 53.6 Å². The fraction of sp³-hybridized carbons (Fsp3) is 0.480. The van der Waals surface area contributed by atoms with Gasteiger partial charge in [0, 0.05) is 38.2 Å². The maximum atomic E-state index is 5.95. The van der Waals surface area contributed by atoms with Crippen LogP contribution in [0.3, 0.4) is 0 Å². The maximum absolute atomic E-state index is 5.95. The molecule has 0 bridgehead atoms. The van der Waals surface area contributed by atoms with Gasteiger partial charge in [0.25, 0.3) is 0 Å². The topological polar surface area (TPSA) is 64.6 Å². The summed E-state index contributed by atoms with van der Waals surface area (Å²) in [6.07, 6.45) is 1.89. The molecule has 32 heavy (non-hydrogen) atoms. The smallest absolute Gasteiger partial charge is 0.203 e. The van der Waals surface area contributed by atoms with Crippen LogP contribution < -0.4 is 19.5 Å². The second kappa shape index (κ2) is 12.2. The Balaban J connectivity index is 1.47. The predicted molar refractivity (Wildman–Crippen MR) is 127 cm³/mol. The van der Waals surface area contributed by atoms with Crippen LogP contribution in [0.25, 0.3) is 0 Å². The van der Waals surface area contributed by atoms with E-state index in [4.69, 9.17) is 18.9 Å². The number of hydrogen-bond acceptors (Lipinski definition) is 5. The van der Waals surface area contributed by atoms with E-state index in [1.54, 1.807) is 21.3 Å². The molecule has 1 fully saturated rings. The first-order chi connectivity index (χ1) is 15.7. The van der Waals surface area contributed by atoms with Crippen LogP contribution in [0, 0.1) is 5.92 Å². The lowest BCUT2D eigenvalue weighted by Gasteiger charge is -2.22. The Morgan fingerprint density at radius 2 is 1.81 bits per heavy atom. The van der Waals surface area contributed by atoms with E-state index >= 15 is 0 Å². The molecule has 0 amide bonds. The Morgan fingerprint density at radius 3 is 2.50 bits per heavy atom. The number of aliphatic imine (C=N–C) groups is 1. The molecular formula is C25H35N3O4. The molecule has 1 atom stereocenters. The molecule has 2 aromatic rings. The third-order valence-electron chi connectivity index (χ3n) is 5.73. The minimum Gasteiger partial charge on any atom is -0.493 e. The lowest BCUT2D eigenvalue weighted by Crippen LogP contribution is -2.41. The number of methoxy groups -OCH3 is 3. The summed E-state index contributed by atoms with van der Waals surface area (Å²) in [6, 6.07) is 14.2. The van der Waals surface area contributed by atoms with Crippen LogP contribution in [0.15, 0.2) is 47.5 Å². The molecule has 1 aliphatic rings. The average molecular weight is 442 g/mol. The van der Waals surface area contributed by atoms with Crippen molar-refractivity contribution in [3.63, 3.8) is 0 Å². The summed E-state index contributed by atoms with van der Waals surface area (Å²) in [5, 5.41) is 3.49. The van der Waals surface area contributed by atoms with E-state index in [0.29, 0.717) is 29.8 Å². The third-order valence-corrected chi connectivity index (χ3v) is 5.73. The Bertz CT molecular complexity index is 873. The van der Waals surface area contributed by atoms with Crippen LogP contribution in [0.4, 0.5) is 0 Å². The molecule has 174 valence electrons. The summed E-state index contributed by atoms with van der Waals surface area (Å²) >= 11 is 0. The fourth-order valence-electron chi connectivity index (χ4n) is 4.08. The number of likely N-dealkylation sites (tertiary alicyclic amines) is 1. The molecular weight excluding hydrogens is 406 g/mol. The van der Waals surface area contributed by atoms with Gasteiger partial charge in [-0.05, 0) is 24.5 Å². The molecule has 1 unspecified atom stereocenters. The van der Waals surface area contributed by atoms with Crippen LogP contribution in [0.1, 0.15) is 17.5 Å². The molecule has 1 saturated heterocycles. The monoisotopic (exact) mass is 441 g/mol. The lowest BCUT2D eigenvalue weighted by molar-refractivity contribution is 0.0907. The molecule has 1 heterocycles. The number of benzene rings is 2. The molecule has 0 saturated carbocycles. The van der Waals surface area contributed by atoms with Gasteiger partial charge in [-0.15, -0.1) is 0 Å². The highest BCUT2D eigenvalue weighted by molar-refractivity contribution is 5.80. The number of guanidine groups is 1. The van der Waals surface area contributed by atoms with E-state index in [0.717, 1.165) is 50.6 Å². The zero-order chi connectivity index (χ0) is 22.8. The van der Waals surface area contributed by atoms with Crippen LogP contribution in [0.5, 0.6) is 17.2 Å². The van der Waals surface area contributed by atoms with E-state index in [9.17, 15) is 0 Å². The van der Waals surface area contributed by atoms with Gasteiger partial charge >= 0.3 is 0 Å². The first-order valence-corrected chi connectivity index (χ1v) is 11.0. The zero-order valence-corrected chi connectivity index (χ0v) is 19.6. The van der Waals surface area contributed by atoms with Gasteiger partial charge in [0.2, 0.25) is 5.75 Å². The van der Waals surface area contributed by atoms with Gasteiger partial charge in [0.15, 0.2) is 17.5 Å². The standard InChI is InChI=1S/C25H35N3O4/c1-26-25(27-14-12-21-10-11-22(29-2)24(31-4)23(21)30-3)28-15-13-20(16-28)18-32-17-19-8-6-5-7-9-19/h5-11,20H,12-18H2,1-4H3,(H,26,27). The molecule has 1 N–H and O–H groups in total. The van der Waals surface area contributed by atoms with Crippen molar-refractivity contribution in [2.24, 2.45) is 10.9 Å². The van der Waals surface area contributed by atoms with Crippen molar-refractivity contribution in [3.8, 4) is 17.2 Å². The quantitative estimate of drug-likeness (QED) is 0.451. The van der Waals surface area contributed by atoms with Gasteiger partial charge in [-0.25, -0.2) is 0 Å². The Kier molecular flexibility index (Phi) is 9.04. The predicted octanol–water partition coefficient (Wildman–Crippen LogP) is 3.37. The molecule has 7 nitrogen and oxygen atoms in total. The van der Waals surface area contributed by atoms with Gasteiger partial charge in [-0.2, -0.15) is 0 Å². The summed E-state index contributed by atoms with van der Waals surface area (Å²) in [5.41, 5.74) is 2.27. The highest BCUT2D eigenvalue weighted by atomic mass is 16.5. The largest absolute Gasteiger partial charge is 0.493 e. The summed E-state index contributed by atoms with van der Waals surface area (Å²) in [6.45, 7) is 4.11. The molecule has 0 aliphatic carbocycles. The van der Waals surface area contributed by atoms with E-state index in [1.165, 1.54) is 5.56 Å². The lowest BCUT2D eigenvalue weighted by atomic mass is 10.1. The highest BCUT2D eigenvalue weighted by Crippen LogP contribution is 2.39. The molecule has 2 aromatic carbocycles. The van der Waals surface area contributed by atoms with Crippen LogP contribution in [-0.2, 0) is 17.8 Å². The number of nitrogens with one attached hydrogen (secondary N) is 1. The van der Waals surface area contributed by atoms with Gasteiger partial charge in [-0.3, -0.25) is 4.99 Å². The summed E-state index contributed by atoms with van der Waals surface area (Å²) in [5.74, 6) is 3.43. The van der Waals surface area contributed by atoms with Crippen LogP contribution in [-0.4, -0.2) is 65.5 Å². The number of rotatable bonds is 10. The number of hydrogen-bond donors (Lipinski definition) is 1. The average Bonchev–Trinajstić information content (AvgIpc) is 3.30. The van der Waals surface area contributed by atoms with Gasteiger partial charge in [-0.1, -0.05) is 36.4 Å². The Hall–Kier alpha value is -2.93. The molecule has 3 rings (SSSR count). The molecule has 0 radical (unpaired) electrons. The zero-order valence-electron chi connectivity index (χ0n) is 19.6. The summed E-state index contributed by atoms with van der Waals surface area (Å²) in [4.78, 5) is 6.79. The van der Waals surface area contributed by atoms with E-state index in [-0.39, 0.29) is 0 Å². The summed E-state index contributed by atoms with van der Waals surface area (Å²) < 4.78 is 22.4. The van der Waals surface area contributed by atoms with E-state index < -0.39 is 0 Å². The van der Waals surface area contributed by atoms with Gasteiger partial charge in [0.1, 0.15) is 0 Å². The van der Waals surface area contributed by atoms with Crippen LogP contribution in [0.2, 0.25) is 0 Å². The normalized spacial score (nSPS) is 16.2. The first-order valence-electron chi connectivity index (χ1n) is 11.0. The van der Waals surface area contributed by atoms with Crippen molar-refractivity contribution in [2.45, 2.75) is 19.4 Å². The molecule has 0 spiro atoms. The van der Waals surface area contributed by atoms with Gasteiger partial charge < -0.3 is 29.2 Å². The van der Waals surface area contributed by atoms with E-state index in [1.807, 2.05) is 37.4 Å². The fourth-order valence-corrected chi connectivity index (χ4v) is 4.08. The Labute approximate surface area is 191 Å². The van der Waals surface area contributed by atoms with Crippen molar-refractivity contribution < 1.29 is 18.9 Å². The molecule has 1 aliphatic heterocycles. The van der Waals surface area contributed by atoms with Crippen molar-refractivity contribution in [1.29, 1.82) is 0 Å². The first kappa shape index (κ1) is 23.7. The van der Waals surface area contributed by atoms with Crippen LogP contribution >= 0.6 is 0 Å². The summed E-state index contributed by atoms with van der Waals surface area (Å²) in [7, 11) is 6.73. The highest BCUT2D eigenvalue weighted by Gasteiger charge is 2.25. The maximum Gasteiger partial charge on any atom is 0.203 e. The van der Waals surface area contributed by atoms with Crippen molar-refractivity contribution in [2.75, 3.05) is 54.6 Å². The van der Waals surface area contributed by atoms with Crippen molar-refractivity contribution in [1.82, 2.24) is 10.2 Å². The SMILES string of the molecule is CN=C(NCCc1ccc(OC)c(OC)c1OC)N1CCC(COCc2ccccc2)C1. The number of nitrogens with zero attached hydrogens (tertiary/aromatic N) is 2. The third kappa shape index (κ3) is 6.07. The van der Waals surface area contributed by atoms with Crippen molar-refractivity contribution >= 4 is 5.96 Å². The number of ether oxygens (including phenoxy) is 4.